The molecule has 1 aliphatic rings. The van der Waals surface area contributed by atoms with E-state index in [1.165, 1.54) is 0 Å². The van der Waals surface area contributed by atoms with Gasteiger partial charge in [-0.1, -0.05) is 6.07 Å². The Bertz CT molecular complexity index is 510. The second-order valence-electron chi connectivity index (χ2n) is 5.82. The molecule has 0 unspecified atom stereocenters. The predicted molar refractivity (Wildman–Crippen MR) is 85.9 cm³/mol. The molecule has 0 saturated carbocycles. The molecule has 0 atom stereocenters. The van der Waals surface area contributed by atoms with Gasteiger partial charge in [-0.25, -0.2) is 9.78 Å². The molecule has 1 fully saturated rings. The van der Waals surface area contributed by atoms with Crippen molar-refractivity contribution >= 4 is 11.8 Å². The van der Waals surface area contributed by atoms with Crippen molar-refractivity contribution in [3.05, 3.63) is 24.4 Å². The zero-order chi connectivity index (χ0) is 17.4. The van der Waals surface area contributed by atoms with Gasteiger partial charge in [0.2, 0.25) is 0 Å². The number of alkyl halides is 3. The quantitative estimate of drug-likeness (QED) is 0.836. The summed E-state index contributed by atoms with van der Waals surface area (Å²) in [5, 5.41) is 2.71. The number of hydrogen-bond donors (Lipinski definition) is 1. The van der Waals surface area contributed by atoms with Crippen LogP contribution in [0.4, 0.5) is 23.8 Å². The molecule has 5 nitrogen and oxygen atoms in total. The van der Waals surface area contributed by atoms with Gasteiger partial charge in [0, 0.05) is 45.3 Å². The summed E-state index contributed by atoms with van der Waals surface area (Å²) in [5.74, 6) is 0.895. The summed E-state index contributed by atoms with van der Waals surface area (Å²) in [7, 11) is 0. The standard InChI is InChI=1S/C16H23F3N4O/c17-16(18,19)7-2-4-9-21-15(24)23-11-5-10-22(12-13-23)14-6-1-3-8-20-14/h1,3,6,8H,2,4-5,7,9-13H2,(H,21,24). The van der Waals surface area contributed by atoms with E-state index in [4.69, 9.17) is 0 Å². The molecule has 0 aliphatic carbocycles. The maximum atomic E-state index is 12.1. The number of nitrogens with zero attached hydrogens (tertiary/aromatic N) is 3. The number of nitrogens with one attached hydrogen (secondary N) is 1. The highest BCUT2D eigenvalue weighted by molar-refractivity contribution is 5.74. The van der Waals surface area contributed by atoms with Crippen LogP contribution >= 0.6 is 0 Å². The predicted octanol–water partition coefficient (Wildman–Crippen LogP) is 3.04. The lowest BCUT2D eigenvalue weighted by Gasteiger charge is -2.23. The van der Waals surface area contributed by atoms with Gasteiger partial charge in [-0.05, 0) is 31.4 Å². The normalized spacial score (nSPS) is 16.0. The molecule has 2 heterocycles. The Balaban J connectivity index is 1.70. The molecule has 0 bridgehead atoms. The van der Waals surface area contributed by atoms with E-state index in [-0.39, 0.29) is 19.0 Å². The number of rotatable bonds is 5. The Kier molecular flexibility index (Phi) is 6.69. The lowest BCUT2D eigenvalue weighted by atomic mass is 10.2. The van der Waals surface area contributed by atoms with Gasteiger partial charge in [-0.15, -0.1) is 0 Å². The topological polar surface area (TPSA) is 48.5 Å². The van der Waals surface area contributed by atoms with Crippen LogP contribution in [0, 0.1) is 0 Å². The Morgan fingerprint density at radius 1 is 1.17 bits per heavy atom. The van der Waals surface area contributed by atoms with Gasteiger partial charge in [-0.3, -0.25) is 0 Å². The molecule has 1 N–H and O–H groups in total. The Morgan fingerprint density at radius 3 is 2.71 bits per heavy atom. The molecule has 2 amide bonds. The van der Waals surface area contributed by atoms with Crippen molar-refractivity contribution in [2.24, 2.45) is 0 Å². The minimum absolute atomic E-state index is 0.0389. The fraction of sp³-hybridized carbons (Fsp3) is 0.625. The van der Waals surface area contributed by atoms with Gasteiger partial charge in [0.25, 0.3) is 0 Å². The molecule has 0 spiro atoms. The van der Waals surface area contributed by atoms with Gasteiger partial charge < -0.3 is 15.1 Å². The van der Waals surface area contributed by atoms with E-state index in [0.717, 1.165) is 18.8 Å². The molecule has 2 rings (SSSR count). The molecule has 1 aliphatic heterocycles. The minimum atomic E-state index is -4.12. The lowest BCUT2D eigenvalue weighted by molar-refractivity contribution is -0.135. The summed E-state index contributed by atoms with van der Waals surface area (Å²) in [4.78, 5) is 20.3. The first kappa shape index (κ1) is 18.4. The van der Waals surface area contributed by atoms with Gasteiger partial charge in [0.1, 0.15) is 5.82 Å². The minimum Gasteiger partial charge on any atom is -0.355 e. The van der Waals surface area contributed by atoms with Crippen LogP contribution in [-0.2, 0) is 0 Å². The molecule has 0 radical (unpaired) electrons. The first-order chi connectivity index (χ1) is 11.5. The van der Waals surface area contributed by atoms with Crippen LogP contribution in [-0.4, -0.2) is 54.8 Å². The third-order valence-electron chi connectivity index (χ3n) is 3.92. The fourth-order valence-electron chi connectivity index (χ4n) is 2.65. The smallest absolute Gasteiger partial charge is 0.355 e. The monoisotopic (exact) mass is 344 g/mol. The van der Waals surface area contributed by atoms with E-state index in [2.05, 4.69) is 15.2 Å². The number of halogens is 3. The third-order valence-corrected chi connectivity index (χ3v) is 3.92. The second-order valence-corrected chi connectivity index (χ2v) is 5.82. The number of hydrogen-bond acceptors (Lipinski definition) is 3. The first-order valence-corrected chi connectivity index (χ1v) is 8.21. The van der Waals surface area contributed by atoms with E-state index in [1.807, 2.05) is 18.2 Å². The summed E-state index contributed by atoms with van der Waals surface area (Å²) in [6.07, 6.45) is -1.98. The van der Waals surface area contributed by atoms with E-state index >= 15 is 0 Å². The van der Waals surface area contributed by atoms with Crippen LogP contribution in [0.2, 0.25) is 0 Å². The summed E-state index contributed by atoms with van der Waals surface area (Å²) in [6.45, 7) is 3.00. The highest BCUT2D eigenvalue weighted by Gasteiger charge is 2.26. The highest BCUT2D eigenvalue weighted by Crippen LogP contribution is 2.21. The van der Waals surface area contributed by atoms with Gasteiger partial charge in [0.15, 0.2) is 0 Å². The van der Waals surface area contributed by atoms with Crippen molar-refractivity contribution in [3.63, 3.8) is 0 Å². The van der Waals surface area contributed by atoms with E-state index in [0.29, 0.717) is 26.1 Å². The number of unbranched alkanes of at least 4 members (excludes halogenated alkanes) is 1. The maximum Gasteiger partial charge on any atom is 0.389 e. The Hall–Kier alpha value is -1.99. The van der Waals surface area contributed by atoms with Gasteiger partial charge in [0.05, 0.1) is 0 Å². The number of carbonyl (C=O) groups excluding carboxylic acids is 1. The van der Waals surface area contributed by atoms with Gasteiger partial charge in [-0.2, -0.15) is 13.2 Å². The van der Waals surface area contributed by atoms with Crippen molar-refractivity contribution in [1.82, 2.24) is 15.2 Å². The number of aromatic nitrogens is 1. The largest absolute Gasteiger partial charge is 0.389 e. The molecule has 1 aromatic rings. The molecular formula is C16H23F3N4O. The average molecular weight is 344 g/mol. The van der Waals surface area contributed by atoms with Crippen molar-refractivity contribution in [1.29, 1.82) is 0 Å². The summed E-state index contributed by atoms with van der Waals surface area (Å²) in [6, 6.07) is 5.53. The third kappa shape index (κ3) is 6.25. The second kappa shape index (κ2) is 8.75. The first-order valence-electron chi connectivity index (χ1n) is 8.21. The summed E-state index contributed by atoms with van der Waals surface area (Å²) in [5.41, 5.74) is 0. The number of urea groups is 1. The summed E-state index contributed by atoms with van der Waals surface area (Å²) >= 11 is 0. The van der Waals surface area contributed by atoms with E-state index in [1.54, 1.807) is 11.1 Å². The number of amides is 2. The number of anilines is 1. The van der Waals surface area contributed by atoms with Crippen LogP contribution < -0.4 is 10.2 Å². The maximum absolute atomic E-state index is 12.1. The number of carbonyl (C=O) groups is 1. The molecule has 0 aromatic carbocycles. The van der Waals surface area contributed by atoms with Crippen LogP contribution in [0.1, 0.15) is 25.7 Å². The van der Waals surface area contributed by atoms with E-state index < -0.39 is 12.6 Å². The molecular weight excluding hydrogens is 321 g/mol. The van der Waals surface area contributed by atoms with Crippen LogP contribution in [0.3, 0.4) is 0 Å². The zero-order valence-corrected chi connectivity index (χ0v) is 13.6. The van der Waals surface area contributed by atoms with Crippen molar-refractivity contribution < 1.29 is 18.0 Å². The van der Waals surface area contributed by atoms with Crippen LogP contribution in [0.15, 0.2) is 24.4 Å². The Labute approximate surface area is 139 Å². The average Bonchev–Trinajstić information content (AvgIpc) is 2.80. The SMILES string of the molecule is O=C(NCCCCC(F)(F)F)N1CCCN(c2ccccn2)CC1. The molecule has 1 aromatic heterocycles. The zero-order valence-electron chi connectivity index (χ0n) is 13.6. The molecule has 24 heavy (non-hydrogen) atoms. The van der Waals surface area contributed by atoms with Gasteiger partial charge >= 0.3 is 12.2 Å². The van der Waals surface area contributed by atoms with Crippen molar-refractivity contribution in [2.45, 2.75) is 31.9 Å². The van der Waals surface area contributed by atoms with E-state index in [9.17, 15) is 18.0 Å². The lowest BCUT2D eigenvalue weighted by Crippen LogP contribution is -2.42. The Morgan fingerprint density at radius 2 is 2.00 bits per heavy atom. The van der Waals surface area contributed by atoms with Crippen LogP contribution in [0.25, 0.3) is 0 Å². The molecule has 1 saturated heterocycles. The van der Waals surface area contributed by atoms with Crippen LogP contribution in [0.5, 0.6) is 0 Å². The summed E-state index contributed by atoms with van der Waals surface area (Å²) < 4.78 is 36.1. The van der Waals surface area contributed by atoms with Crippen molar-refractivity contribution in [2.75, 3.05) is 37.6 Å². The molecule has 8 heteroatoms. The van der Waals surface area contributed by atoms with Crippen molar-refractivity contribution in [3.8, 4) is 0 Å². The molecule has 134 valence electrons. The number of pyridine rings is 1. The highest BCUT2D eigenvalue weighted by atomic mass is 19.4. The fourth-order valence-corrected chi connectivity index (χ4v) is 2.65.